The van der Waals surface area contributed by atoms with Crippen molar-refractivity contribution >= 4 is 22.9 Å². The summed E-state index contributed by atoms with van der Waals surface area (Å²) in [6.07, 6.45) is 9.31. The fourth-order valence-corrected chi connectivity index (χ4v) is 3.35. The van der Waals surface area contributed by atoms with Crippen LogP contribution < -0.4 is 5.32 Å². The second-order valence-corrected chi connectivity index (χ2v) is 6.00. The topological polar surface area (TPSA) is 12.0 Å². The molecule has 0 spiro atoms. The molecule has 1 N–H and O–H groups in total. The van der Waals surface area contributed by atoms with Crippen LogP contribution in [0.15, 0.2) is 24.3 Å². The Hall–Kier alpha value is -0.310. The highest BCUT2D eigenvalue weighted by atomic mass is 35.5. The third-order valence-electron chi connectivity index (χ3n) is 3.05. The van der Waals surface area contributed by atoms with Crippen LogP contribution in [0.25, 0.3) is 0 Å². The van der Waals surface area contributed by atoms with Gasteiger partial charge in [-0.25, -0.2) is 0 Å². The standard InChI is InChI=1S/C13H18ClNS/c1-2-11(12-8-9-13(14)16-12)15-10-6-4-3-5-7-10/h3-4,8-11,15H,2,5-7H2,1H3. The SMILES string of the molecule is CCC(NC1CC=CCC1)c1ccc(Cl)s1. The van der Waals surface area contributed by atoms with Gasteiger partial charge in [-0.3, -0.25) is 0 Å². The molecule has 3 heteroatoms. The van der Waals surface area contributed by atoms with E-state index in [-0.39, 0.29) is 0 Å². The first-order chi connectivity index (χ1) is 7.79. The van der Waals surface area contributed by atoms with E-state index in [9.17, 15) is 0 Å². The Morgan fingerprint density at radius 2 is 2.38 bits per heavy atom. The van der Waals surface area contributed by atoms with Crippen LogP contribution >= 0.6 is 22.9 Å². The zero-order valence-electron chi connectivity index (χ0n) is 9.58. The molecule has 1 aromatic heterocycles. The summed E-state index contributed by atoms with van der Waals surface area (Å²) >= 11 is 7.68. The molecular weight excluding hydrogens is 238 g/mol. The van der Waals surface area contributed by atoms with Gasteiger partial charge in [0, 0.05) is 17.0 Å². The normalized spacial score (nSPS) is 22.2. The number of thiophene rings is 1. The van der Waals surface area contributed by atoms with E-state index in [0.29, 0.717) is 12.1 Å². The first-order valence-electron chi connectivity index (χ1n) is 5.96. The minimum atomic E-state index is 0.467. The van der Waals surface area contributed by atoms with Crippen LogP contribution in [0.2, 0.25) is 4.34 Å². The summed E-state index contributed by atoms with van der Waals surface area (Å²) in [6.45, 7) is 2.23. The van der Waals surface area contributed by atoms with Crippen molar-refractivity contribution in [3.05, 3.63) is 33.5 Å². The molecule has 16 heavy (non-hydrogen) atoms. The summed E-state index contributed by atoms with van der Waals surface area (Å²) in [5.41, 5.74) is 0. The summed E-state index contributed by atoms with van der Waals surface area (Å²) in [7, 11) is 0. The van der Waals surface area contributed by atoms with Crippen LogP contribution in [0.3, 0.4) is 0 Å². The molecular formula is C13H18ClNS. The van der Waals surface area contributed by atoms with Crippen molar-refractivity contribution in [3.8, 4) is 0 Å². The van der Waals surface area contributed by atoms with Crippen molar-refractivity contribution in [3.63, 3.8) is 0 Å². The molecule has 0 aliphatic heterocycles. The Kier molecular flexibility index (Phi) is 4.45. The fourth-order valence-electron chi connectivity index (χ4n) is 2.15. The van der Waals surface area contributed by atoms with Crippen LogP contribution in [0, 0.1) is 0 Å². The van der Waals surface area contributed by atoms with Crippen molar-refractivity contribution < 1.29 is 0 Å². The van der Waals surface area contributed by atoms with Crippen LogP contribution in [0.4, 0.5) is 0 Å². The Labute approximate surface area is 107 Å². The zero-order chi connectivity index (χ0) is 11.4. The molecule has 1 nitrogen and oxygen atoms in total. The molecule has 0 saturated heterocycles. The van der Waals surface area contributed by atoms with Gasteiger partial charge in [0.15, 0.2) is 0 Å². The van der Waals surface area contributed by atoms with Gasteiger partial charge in [-0.05, 0) is 37.8 Å². The largest absolute Gasteiger partial charge is 0.306 e. The average Bonchev–Trinajstić information content (AvgIpc) is 2.74. The molecule has 0 fully saturated rings. The number of hydrogen-bond donors (Lipinski definition) is 1. The maximum Gasteiger partial charge on any atom is 0.0931 e. The van der Waals surface area contributed by atoms with Gasteiger partial charge in [0.2, 0.25) is 0 Å². The number of allylic oxidation sites excluding steroid dienone is 1. The minimum Gasteiger partial charge on any atom is -0.306 e. The maximum absolute atomic E-state index is 5.98. The van der Waals surface area contributed by atoms with Gasteiger partial charge in [0.05, 0.1) is 4.34 Å². The molecule has 2 atom stereocenters. The Morgan fingerprint density at radius 3 is 2.94 bits per heavy atom. The first kappa shape index (κ1) is 12.2. The first-order valence-corrected chi connectivity index (χ1v) is 7.15. The molecule has 0 amide bonds. The monoisotopic (exact) mass is 255 g/mol. The van der Waals surface area contributed by atoms with E-state index in [2.05, 4.69) is 30.5 Å². The van der Waals surface area contributed by atoms with Crippen molar-refractivity contribution in [1.29, 1.82) is 0 Å². The summed E-state index contributed by atoms with van der Waals surface area (Å²) in [5.74, 6) is 0. The van der Waals surface area contributed by atoms with Crippen LogP contribution in [-0.4, -0.2) is 6.04 Å². The number of halogens is 1. The van der Waals surface area contributed by atoms with Gasteiger partial charge >= 0.3 is 0 Å². The third-order valence-corrected chi connectivity index (χ3v) is 4.40. The van der Waals surface area contributed by atoms with Crippen LogP contribution in [-0.2, 0) is 0 Å². The Balaban J connectivity index is 1.97. The second kappa shape index (κ2) is 5.85. The third kappa shape index (κ3) is 3.09. The van der Waals surface area contributed by atoms with Crippen LogP contribution in [0.5, 0.6) is 0 Å². The fraction of sp³-hybridized carbons (Fsp3) is 0.538. The van der Waals surface area contributed by atoms with Crippen molar-refractivity contribution in [1.82, 2.24) is 5.32 Å². The molecule has 2 unspecified atom stereocenters. The highest BCUT2D eigenvalue weighted by molar-refractivity contribution is 7.16. The number of nitrogens with one attached hydrogen (secondary N) is 1. The van der Waals surface area contributed by atoms with Crippen molar-refractivity contribution in [2.75, 3.05) is 0 Å². The summed E-state index contributed by atoms with van der Waals surface area (Å²) in [4.78, 5) is 1.36. The highest BCUT2D eigenvalue weighted by Crippen LogP contribution is 2.29. The smallest absolute Gasteiger partial charge is 0.0931 e. The predicted molar refractivity (Wildman–Crippen MR) is 72.3 cm³/mol. The lowest BCUT2D eigenvalue weighted by Gasteiger charge is -2.25. The van der Waals surface area contributed by atoms with Gasteiger partial charge in [-0.2, -0.15) is 0 Å². The summed E-state index contributed by atoms with van der Waals surface area (Å²) < 4.78 is 0.888. The molecule has 0 aromatic carbocycles. The van der Waals surface area contributed by atoms with E-state index >= 15 is 0 Å². The van der Waals surface area contributed by atoms with Crippen molar-refractivity contribution in [2.24, 2.45) is 0 Å². The van der Waals surface area contributed by atoms with Crippen LogP contribution in [0.1, 0.15) is 43.5 Å². The lowest BCUT2D eigenvalue weighted by atomic mass is 10.0. The molecule has 1 heterocycles. The molecule has 0 bridgehead atoms. The van der Waals surface area contributed by atoms with Gasteiger partial charge in [0.1, 0.15) is 0 Å². The summed E-state index contributed by atoms with van der Waals surface area (Å²) in [5, 5.41) is 3.74. The molecule has 0 saturated carbocycles. The zero-order valence-corrected chi connectivity index (χ0v) is 11.2. The Bertz CT molecular complexity index is 359. The van der Waals surface area contributed by atoms with E-state index in [1.807, 2.05) is 6.07 Å². The Morgan fingerprint density at radius 1 is 1.50 bits per heavy atom. The second-order valence-electron chi connectivity index (χ2n) is 4.25. The van der Waals surface area contributed by atoms with Gasteiger partial charge in [-0.15, -0.1) is 11.3 Å². The molecule has 2 rings (SSSR count). The van der Waals surface area contributed by atoms with E-state index in [1.165, 1.54) is 17.7 Å². The van der Waals surface area contributed by atoms with Crippen molar-refractivity contribution in [2.45, 2.75) is 44.7 Å². The van der Waals surface area contributed by atoms with E-state index in [1.54, 1.807) is 11.3 Å². The minimum absolute atomic E-state index is 0.467. The van der Waals surface area contributed by atoms with E-state index in [0.717, 1.165) is 17.2 Å². The van der Waals surface area contributed by atoms with Gasteiger partial charge < -0.3 is 5.32 Å². The molecule has 1 aliphatic rings. The molecule has 1 aliphatic carbocycles. The molecule has 88 valence electrons. The average molecular weight is 256 g/mol. The molecule has 1 aromatic rings. The lowest BCUT2D eigenvalue weighted by Crippen LogP contribution is -2.32. The van der Waals surface area contributed by atoms with E-state index < -0.39 is 0 Å². The summed E-state index contributed by atoms with van der Waals surface area (Å²) in [6, 6.07) is 5.24. The maximum atomic E-state index is 5.98. The van der Waals surface area contributed by atoms with Gasteiger partial charge in [-0.1, -0.05) is 30.7 Å². The molecule has 0 radical (unpaired) electrons. The number of hydrogen-bond acceptors (Lipinski definition) is 2. The van der Waals surface area contributed by atoms with E-state index in [4.69, 9.17) is 11.6 Å². The predicted octanol–water partition coefficient (Wildman–Crippen LogP) is 4.55. The quantitative estimate of drug-likeness (QED) is 0.779. The highest BCUT2D eigenvalue weighted by Gasteiger charge is 2.17. The van der Waals surface area contributed by atoms with Gasteiger partial charge in [0.25, 0.3) is 0 Å². The number of rotatable bonds is 4. The lowest BCUT2D eigenvalue weighted by molar-refractivity contribution is 0.405.